The predicted molar refractivity (Wildman–Crippen MR) is 92.1 cm³/mol. The van der Waals surface area contributed by atoms with Crippen LogP contribution in [0, 0.1) is 5.82 Å². The highest BCUT2D eigenvalue weighted by molar-refractivity contribution is 5.98. The molecule has 0 bridgehead atoms. The summed E-state index contributed by atoms with van der Waals surface area (Å²) >= 11 is 0. The fourth-order valence-electron chi connectivity index (χ4n) is 4.18. The quantitative estimate of drug-likeness (QED) is 0.909. The van der Waals surface area contributed by atoms with Crippen LogP contribution in [0.25, 0.3) is 10.9 Å². The normalized spacial score (nSPS) is 23.3. The van der Waals surface area contributed by atoms with Crippen LogP contribution in [-0.4, -0.2) is 54.3 Å². The Morgan fingerprint density at radius 2 is 2.16 bits per heavy atom. The van der Waals surface area contributed by atoms with Crippen LogP contribution in [-0.2, 0) is 9.47 Å². The predicted octanol–water partition coefficient (Wildman–Crippen LogP) is 3.11. The Morgan fingerprint density at radius 1 is 1.36 bits per heavy atom. The van der Waals surface area contributed by atoms with Crippen molar-refractivity contribution < 1.29 is 18.7 Å². The van der Waals surface area contributed by atoms with Gasteiger partial charge in [0.2, 0.25) is 0 Å². The highest BCUT2D eigenvalue weighted by atomic mass is 19.1. The van der Waals surface area contributed by atoms with Crippen LogP contribution < -0.4 is 0 Å². The fourth-order valence-corrected chi connectivity index (χ4v) is 4.18. The first-order chi connectivity index (χ1) is 12.1. The number of nitrogens with one attached hydrogen (secondary N) is 1. The van der Waals surface area contributed by atoms with Crippen molar-refractivity contribution in [3.63, 3.8) is 0 Å². The van der Waals surface area contributed by atoms with E-state index in [0.29, 0.717) is 24.2 Å². The molecule has 6 heteroatoms. The van der Waals surface area contributed by atoms with Crippen molar-refractivity contribution >= 4 is 16.8 Å². The van der Waals surface area contributed by atoms with E-state index >= 15 is 0 Å². The minimum Gasteiger partial charge on any atom is -0.378 e. The largest absolute Gasteiger partial charge is 0.378 e. The number of likely N-dealkylation sites (tertiary alicyclic amines) is 1. The van der Waals surface area contributed by atoms with Gasteiger partial charge in [-0.3, -0.25) is 4.79 Å². The number of hydrogen-bond donors (Lipinski definition) is 1. The number of aromatic nitrogens is 1. The van der Waals surface area contributed by atoms with Crippen LogP contribution in [0.4, 0.5) is 4.39 Å². The summed E-state index contributed by atoms with van der Waals surface area (Å²) in [6, 6.07) is 6.21. The maximum atomic E-state index is 13.3. The minimum atomic E-state index is -0.300. The summed E-state index contributed by atoms with van der Waals surface area (Å²) in [4.78, 5) is 17.7. The Balaban J connectivity index is 1.48. The number of benzene rings is 1. The molecule has 2 aliphatic heterocycles. The van der Waals surface area contributed by atoms with Crippen LogP contribution in [0.1, 0.15) is 36.2 Å². The van der Waals surface area contributed by atoms with Gasteiger partial charge in [0, 0.05) is 37.7 Å². The van der Waals surface area contributed by atoms with E-state index in [1.807, 2.05) is 4.90 Å². The molecule has 0 unspecified atom stereocenters. The molecule has 134 valence electrons. The number of methoxy groups -OCH3 is 1. The molecule has 0 radical (unpaired) electrons. The number of carbonyl (C=O) groups excluding carboxylic acids is 1. The summed E-state index contributed by atoms with van der Waals surface area (Å²) in [6.45, 7) is 2.05. The summed E-state index contributed by atoms with van der Waals surface area (Å²) in [7, 11) is 1.74. The van der Waals surface area contributed by atoms with Crippen molar-refractivity contribution in [2.45, 2.75) is 37.4 Å². The molecular formula is C19H23FN2O3. The first-order valence-corrected chi connectivity index (χ1v) is 8.86. The summed E-state index contributed by atoms with van der Waals surface area (Å²) in [5.74, 6) is -0.346. The summed E-state index contributed by atoms with van der Waals surface area (Å²) in [6.07, 6.45) is 3.71. The first-order valence-electron chi connectivity index (χ1n) is 8.86. The topological polar surface area (TPSA) is 54.6 Å². The number of halogens is 1. The lowest BCUT2D eigenvalue weighted by atomic mass is 9.82. The number of ether oxygens (including phenoxy) is 2. The van der Waals surface area contributed by atoms with Crippen molar-refractivity contribution in [1.82, 2.24) is 9.88 Å². The maximum Gasteiger partial charge on any atom is 0.270 e. The molecule has 2 aromatic rings. The van der Waals surface area contributed by atoms with Crippen LogP contribution in [0.2, 0.25) is 0 Å². The van der Waals surface area contributed by atoms with Gasteiger partial charge in [-0.25, -0.2) is 4.39 Å². The third kappa shape index (κ3) is 2.93. The number of rotatable bonds is 2. The molecule has 1 spiro atoms. The highest BCUT2D eigenvalue weighted by Crippen LogP contribution is 2.37. The molecule has 5 nitrogen and oxygen atoms in total. The second kappa shape index (κ2) is 6.42. The molecule has 1 N–H and O–H groups in total. The molecule has 2 saturated heterocycles. The number of piperidine rings is 1. The lowest BCUT2D eigenvalue weighted by molar-refractivity contribution is -0.183. The number of nitrogens with zero attached hydrogens (tertiary/aromatic N) is 1. The molecular weight excluding hydrogens is 323 g/mol. The lowest BCUT2D eigenvalue weighted by Crippen LogP contribution is -2.56. The number of fused-ring (bicyclic) bond motifs is 1. The van der Waals surface area contributed by atoms with E-state index in [-0.39, 0.29) is 23.4 Å². The van der Waals surface area contributed by atoms with Gasteiger partial charge in [0.1, 0.15) is 11.5 Å². The van der Waals surface area contributed by atoms with Gasteiger partial charge in [0.25, 0.3) is 5.91 Å². The Kier molecular flexibility index (Phi) is 4.25. The molecule has 1 atom stereocenters. The molecule has 1 aromatic carbocycles. The third-order valence-electron chi connectivity index (χ3n) is 5.58. The second-order valence-corrected chi connectivity index (χ2v) is 6.99. The number of amides is 1. The van der Waals surface area contributed by atoms with Crippen LogP contribution in [0.15, 0.2) is 24.3 Å². The summed E-state index contributed by atoms with van der Waals surface area (Å²) in [5, 5.41) is 0.715. The molecule has 3 heterocycles. The molecule has 25 heavy (non-hydrogen) atoms. The van der Waals surface area contributed by atoms with E-state index in [1.165, 1.54) is 12.1 Å². The van der Waals surface area contributed by atoms with Crippen molar-refractivity contribution in [3.05, 3.63) is 35.8 Å². The molecule has 2 fully saturated rings. The fraction of sp³-hybridized carbons (Fsp3) is 0.526. The Morgan fingerprint density at radius 3 is 2.92 bits per heavy atom. The van der Waals surface area contributed by atoms with Crippen LogP contribution >= 0.6 is 0 Å². The monoisotopic (exact) mass is 346 g/mol. The van der Waals surface area contributed by atoms with Gasteiger partial charge in [-0.05, 0) is 49.9 Å². The van der Waals surface area contributed by atoms with Gasteiger partial charge >= 0.3 is 0 Å². The van der Waals surface area contributed by atoms with E-state index in [9.17, 15) is 9.18 Å². The van der Waals surface area contributed by atoms with Crippen LogP contribution in [0.5, 0.6) is 0 Å². The Bertz CT molecular complexity index is 780. The molecule has 2 aliphatic rings. The van der Waals surface area contributed by atoms with Gasteiger partial charge in [0.05, 0.1) is 11.7 Å². The van der Waals surface area contributed by atoms with E-state index in [1.54, 1.807) is 19.2 Å². The summed E-state index contributed by atoms with van der Waals surface area (Å²) < 4.78 is 25.1. The van der Waals surface area contributed by atoms with Gasteiger partial charge in [-0.15, -0.1) is 0 Å². The van der Waals surface area contributed by atoms with E-state index in [4.69, 9.17) is 9.47 Å². The van der Waals surface area contributed by atoms with Crippen molar-refractivity contribution in [2.24, 2.45) is 0 Å². The minimum absolute atomic E-state index is 0.0452. The van der Waals surface area contributed by atoms with Gasteiger partial charge in [-0.2, -0.15) is 0 Å². The molecule has 0 aliphatic carbocycles. The van der Waals surface area contributed by atoms with E-state index < -0.39 is 0 Å². The number of hydrogen-bond acceptors (Lipinski definition) is 3. The van der Waals surface area contributed by atoms with Crippen LogP contribution in [0.3, 0.4) is 0 Å². The summed E-state index contributed by atoms with van der Waals surface area (Å²) in [5.41, 5.74) is 1.02. The second-order valence-electron chi connectivity index (χ2n) is 6.99. The molecule has 1 aromatic heterocycles. The average molecular weight is 346 g/mol. The molecule has 1 amide bonds. The molecule has 0 saturated carbocycles. The maximum absolute atomic E-state index is 13.3. The van der Waals surface area contributed by atoms with Crippen molar-refractivity contribution in [3.8, 4) is 0 Å². The highest BCUT2D eigenvalue weighted by Gasteiger charge is 2.45. The van der Waals surface area contributed by atoms with Gasteiger partial charge in [0.15, 0.2) is 0 Å². The lowest BCUT2D eigenvalue weighted by Gasteiger charge is -2.47. The van der Waals surface area contributed by atoms with E-state index in [0.717, 1.165) is 37.8 Å². The first kappa shape index (κ1) is 16.5. The zero-order valence-electron chi connectivity index (χ0n) is 14.4. The standard InChI is InChI=1S/C19H23FN2O3/c1-24-17-3-2-10-25-19(17)6-8-22(9-7-19)18(23)16-12-13-11-14(20)4-5-15(13)21-16/h4-5,11-12,17,21H,2-3,6-10H2,1H3/t17-/m0/s1. The Hall–Kier alpha value is -1.92. The zero-order valence-corrected chi connectivity index (χ0v) is 14.4. The molecule has 4 rings (SSSR count). The van der Waals surface area contributed by atoms with Crippen molar-refractivity contribution in [1.29, 1.82) is 0 Å². The van der Waals surface area contributed by atoms with E-state index in [2.05, 4.69) is 4.98 Å². The number of H-pyrrole nitrogens is 1. The average Bonchev–Trinajstić information content (AvgIpc) is 3.05. The smallest absolute Gasteiger partial charge is 0.270 e. The number of aromatic amines is 1. The van der Waals surface area contributed by atoms with Gasteiger partial charge in [-0.1, -0.05) is 0 Å². The van der Waals surface area contributed by atoms with Gasteiger partial charge < -0.3 is 19.4 Å². The zero-order chi connectivity index (χ0) is 17.4. The third-order valence-corrected chi connectivity index (χ3v) is 5.58. The van der Waals surface area contributed by atoms with Crippen molar-refractivity contribution in [2.75, 3.05) is 26.8 Å². The number of carbonyl (C=O) groups is 1. The Labute approximate surface area is 146 Å². The SMILES string of the molecule is CO[C@H]1CCCOC12CCN(C(=O)c1cc3cc(F)ccc3[nH]1)CC2.